The number of H-pyrrole nitrogens is 1. The zero-order valence-electron chi connectivity index (χ0n) is 16.6. The van der Waals surface area contributed by atoms with Gasteiger partial charge in [-0.2, -0.15) is 5.10 Å². The number of aromatic amines is 1. The number of anilines is 1. The molecule has 0 saturated heterocycles. The van der Waals surface area contributed by atoms with Gasteiger partial charge in [-0.15, -0.1) is 10.2 Å². The second-order valence-electron chi connectivity index (χ2n) is 6.84. The number of nitrogens with zero attached hydrogens (tertiary/aromatic N) is 3. The standard InChI is InChI=1S/C19H15Cl2N5O4S3/c20-13-3-1-12(2-4-13)16-9-19(25-22-16)32(27,28)10-17-23-24-18(31-17)11-33(29,30)26-15-7-5-14(21)6-8-15/h1-9,26H,10-11H2,(H,22,25). The smallest absolute Gasteiger partial charge is 0.239 e. The lowest BCUT2D eigenvalue weighted by Crippen LogP contribution is -2.14. The summed E-state index contributed by atoms with van der Waals surface area (Å²) < 4.78 is 52.7. The van der Waals surface area contributed by atoms with Gasteiger partial charge in [-0.25, -0.2) is 16.8 Å². The number of hydrogen-bond acceptors (Lipinski definition) is 8. The molecule has 4 aromatic rings. The molecule has 2 aromatic carbocycles. The van der Waals surface area contributed by atoms with Crippen LogP contribution in [-0.4, -0.2) is 37.2 Å². The van der Waals surface area contributed by atoms with Gasteiger partial charge in [0.05, 0.1) is 5.69 Å². The molecule has 0 amide bonds. The van der Waals surface area contributed by atoms with E-state index in [0.29, 0.717) is 27.0 Å². The first-order valence-electron chi connectivity index (χ1n) is 9.21. The third kappa shape index (κ3) is 6.09. The molecule has 9 nitrogen and oxygen atoms in total. The van der Waals surface area contributed by atoms with Gasteiger partial charge in [-0.1, -0.05) is 46.7 Å². The number of benzene rings is 2. The van der Waals surface area contributed by atoms with Gasteiger partial charge in [0.15, 0.2) is 5.03 Å². The minimum absolute atomic E-state index is 0.0822. The van der Waals surface area contributed by atoms with Crippen molar-refractivity contribution in [1.82, 2.24) is 20.4 Å². The van der Waals surface area contributed by atoms with Gasteiger partial charge in [0.2, 0.25) is 19.9 Å². The van der Waals surface area contributed by atoms with Crippen LogP contribution in [0.2, 0.25) is 10.0 Å². The highest BCUT2D eigenvalue weighted by molar-refractivity contribution is 7.92. The first-order valence-corrected chi connectivity index (χ1v) is 14.1. The highest BCUT2D eigenvalue weighted by Crippen LogP contribution is 2.25. The zero-order valence-corrected chi connectivity index (χ0v) is 20.5. The van der Waals surface area contributed by atoms with Gasteiger partial charge < -0.3 is 0 Å². The van der Waals surface area contributed by atoms with Crippen molar-refractivity contribution < 1.29 is 16.8 Å². The Morgan fingerprint density at radius 3 is 2.06 bits per heavy atom. The van der Waals surface area contributed by atoms with E-state index in [-0.39, 0.29) is 15.0 Å². The van der Waals surface area contributed by atoms with Crippen LogP contribution in [-0.2, 0) is 31.4 Å². The number of sulfone groups is 1. The van der Waals surface area contributed by atoms with Gasteiger partial charge in [0.25, 0.3) is 0 Å². The quantitative estimate of drug-likeness (QED) is 0.340. The molecule has 0 unspecified atom stereocenters. The van der Waals surface area contributed by atoms with Crippen molar-refractivity contribution >= 4 is 60.1 Å². The molecule has 0 saturated carbocycles. The van der Waals surface area contributed by atoms with Crippen LogP contribution in [0.5, 0.6) is 0 Å². The Kier molecular flexibility index (Phi) is 6.73. The van der Waals surface area contributed by atoms with Crippen LogP contribution in [0.15, 0.2) is 59.6 Å². The SMILES string of the molecule is O=S(=O)(Cc1nnc(CS(=O)(=O)c2cc(-c3ccc(Cl)cc3)n[nH]2)s1)Nc1ccc(Cl)cc1. The second kappa shape index (κ2) is 9.39. The summed E-state index contributed by atoms with van der Waals surface area (Å²) in [7, 11) is -7.58. The fourth-order valence-corrected chi connectivity index (χ4v) is 6.83. The minimum Gasteiger partial charge on any atom is -0.283 e. The van der Waals surface area contributed by atoms with Crippen LogP contribution < -0.4 is 4.72 Å². The molecule has 0 fully saturated rings. The molecule has 2 aromatic heterocycles. The molecule has 2 heterocycles. The molecule has 14 heteroatoms. The predicted octanol–water partition coefficient (Wildman–Crippen LogP) is 4.15. The van der Waals surface area contributed by atoms with Gasteiger partial charge in [0.1, 0.15) is 21.5 Å². The van der Waals surface area contributed by atoms with Crippen LogP contribution in [0.3, 0.4) is 0 Å². The molecule has 2 N–H and O–H groups in total. The molecule has 0 aliphatic heterocycles. The molecular formula is C19H15Cl2N5O4S3. The molecule has 0 bridgehead atoms. The molecule has 0 aliphatic rings. The average Bonchev–Trinajstić information content (AvgIpc) is 3.40. The Bertz CT molecular complexity index is 1480. The van der Waals surface area contributed by atoms with E-state index in [1.165, 1.54) is 18.2 Å². The van der Waals surface area contributed by atoms with E-state index < -0.39 is 31.4 Å². The van der Waals surface area contributed by atoms with Crippen molar-refractivity contribution in [2.75, 3.05) is 4.72 Å². The lowest BCUT2D eigenvalue weighted by atomic mass is 10.2. The molecule has 0 aliphatic carbocycles. The number of sulfonamides is 1. The van der Waals surface area contributed by atoms with Crippen LogP contribution in [0.4, 0.5) is 5.69 Å². The van der Waals surface area contributed by atoms with Crippen LogP contribution in [0, 0.1) is 0 Å². The molecule has 0 atom stereocenters. The number of nitrogens with one attached hydrogen (secondary N) is 2. The largest absolute Gasteiger partial charge is 0.283 e. The molecular weight excluding hydrogens is 529 g/mol. The zero-order chi connectivity index (χ0) is 23.6. The summed E-state index contributed by atoms with van der Waals surface area (Å²) in [5.74, 6) is -0.893. The van der Waals surface area contributed by atoms with Crippen molar-refractivity contribution in [1.29, 1.82) is 0 Å². The maximum atomic E-state index is 12.8. The average molecular weight is 544 g/mol. The number of aromatic nitrogens is 4. The molecule has 33 heavy (non-hydrogen) atoms. The third-order valence-corrected chi connectivity index (χ3v) is 8.81. The summed E-state index contributed by atoms with van der Waals surface area (Å²) in [6, 6.07) is 14.4. The van der Waals surface area contributed by atoms with Gasteiger partial charge >= 0.3 is 0 Å². The number of rotatable bonds is 8. The Balaban J connectivity index is 1.44. The van der Waals surface area contributed by atoms with Gasteiger partial charge in [0, 0.05) is 27.4 Å². The maximum absolute atomic E-state index is 12.8. The van der Waals surface area contributed by atoms with E-state index >= 15 is 0 Å². The Hall–Kier alpha value is -2.51. The fourth-order valence-electron chi connectivity index (χ4n) is 2.77. The summed E-state index contributed by atoms with van der Waals surface area (Å²) >= 11 is 12.6. The molecule has 0 spiro atoms. The monoisotopic (exact) mass is 543 g/mol. The van der Waals surface area contributed by atoms with Crippen molar-refractivity contribution in [3.8, 4) is 11.3 Å². The number of halogens is 2. The van der Waals surface area contributed by atoms with Crippen LogP contribution in [0.25, 0.3) is 11.3 Å². The lowest BCUT2D eigenvalue weighted by Gasteiger charge is -2.06. The predicted molar refractivity (Wildman–Crippen MR) is 128 cm³/mol. The highest BCUT2D eigenvalue weighted by Gasteiger charge is 2.23. The van der Waals surface area contributed by atoms with Gasteiger partial charge in [-0.05, 0) is 36.4 Å². The van der Waals surface area contributed by atoms with Crippen molar-refractivity contribution in [2.24, 2.45) is 0 Å². The number of hydrogen-bond donors (Lipinski definition) is 2. The summed E-state index contributed by atoms with van der Waals surface area (Å²) in [6.07, 6.45) is 0. The normalized spacial score (nSPS) is 12.1. The molecule has 4 rings (SSSR count). The Morgan fingerprint density at radius 2 is 1.42 bits per heavy atom. The summed E-state index contributed by atoms with van der Waals surface area (Å²) in [4.78, 5) is 0. The third-order valence-electron chi connectivity index (χ3n) is 4.28. The minimum atomic E-state index is -3.81. The van der Waals surface area contributed by atoms with Crippen LogP contribution >= 0.6 is 34.5 Å². The highest BCUT2D eigenvalue weighted by atomic mass is 35.5. The van der Waals surface area contributed by atoms with E-state index in [1.807, 2.05) is 0 Å². The van der Waals surface area contributed by atoms with Crippen molar-refractivity contribution in [3.05, 3.63) is 74.7 Å². The molecule has 172 valence electrons. The fraction of sp³-hybridized carbons (Fsp3) is 0.105. The maximum Gasteiger partial charge on any atom is 0.239 e. The Labute approximate surface area is 203 Å². The van der Waals surface area contributed by atoms with Crippen LogP contribution in [0.1, 0.15) is 10.0 Å². The van der Waals surface area contributed by atoms with E-state index in [4.69, 9.17) is 23.2 Å². The molecule has 0 radical (unpaired) electrons. The van der Waals surface area contributed by atoms with E-state index in [9.17, 15) is 16.8 Å². The Morgan fingerprint density at radius 1 is 0.848 bits per heavy atom. The first-order chi connectivity index (χ1) is 15.6. The van der Waals surface area contributed by atoms with E-state index in [2.05, 4.69) is 25.1 Å². The van der Waals surface area contributed by atoms with Crippen molar-refractivity contribution in [2.45, 2.75) is 16.5 Å². The topological polar surface area (TPSA) is 135 Å². The van der Waals surface area contributed by atoms with E-state index in [0.717, 1.165) is 11.3 Å². The first kappa shape index (κ1) is 23.6. The summed E-state index contributed by atoms with van der Waals surface area (Å²) in [5, 5.41) is 15.5. The summed E-state index contributed by atoms with van der Waals surface area (Å²) in [5.41, 5.74) is 1.50. The van der Waals surface area contributed by atoms with Gasteiger partial charge in [-0.3, -0.25) is 9.82 Å². The van der Waals surface area contributed by atoms with Crippen molar-refractivity contribution in [3.63, 3.8) is 0 Å². The second-order valence-corrected chi connectivity index (χ2v) is 12.5. The summed E-state index contributed by atoms with van der Waals surface area (Å²) in [6.45, 7) is 0. The van der Waals surface area contributed by atoms with E-state index in [1.54, 1.807) is 36.4 Å². The lowest BCUT2D eigenvalue weighted by molar-refractivity contribution is 0.590.